The Bertz CT molecular complexity index is 352. The zero-order valence-electron chi connectivity index (χ0n) is 7.59. The van der Waals surface area contributed by atoms with Crippen LogP contribution in [-0.4, -0.2) is 22.3 Å². The van der Waals surface area contributed by atoms with Crippen LogP contribution in [0.25, 0.3) is 0 Å². The molecule has 0 spiro atoms. The Labute approximate surface area is 76.4 Å². The van der Waals surface area contributed by atoms with Crippen molar-refractivity contribution in [1.29, 1.82) is 5.41 Å². The van der Waals surface area contributed by atoms with Gasteiger partial charge in [-0.2, -0.15) is 9.78 Å². The molecule has 0 amide bonds. The number of nitrogens with one attached hydrogen (secondary N) is 2. The molecule has 4 N–H and O–H groups in total. The molecule has 5 nitrogen and oxygen atoms in total. The van der Waals surface area contributed by atoms with Crippen molar-refractivity contribution in [3.63, 3.8) is 0 Å². The van der Waals surface area contributed by atoms with Crippen molar-refractivity contribution in [3.05, 3.63) is 11.3 Å². The Morgan fingerprint density at radius 3 is 3.15 bits per heavy atom. The zero-order valence-corrected chi connectivity index (χ0v) is 7.59. The Balaban J connectivity index is 2.54. The van der Waals surface area contributed by atoms with Crippen molar-refractivity contribution in [1.82, 2.24) is 9.78 Å². The summed E-state index contributed by atoms with van der Waals surface area (Å²) in [6.07, 6.45) is 1.88. The number of rotatable bonds is 1. The van der Waals surface area contributed by atoms with Crippen LogP contribution >= 0.6 is 0 Å². The van der Waals surface area contributed by atoms with Gasteiger partial charge in [-0.3, -0.25) is 5.41 Å². The average Bonchev–Trinajstić information content (AvgIpc) is 2.61. The SMILES string of the molecule is CCc1nn(C(=N)N)c2c1CCN2. The van der Waals surface area contributed by atoms with E-state index in [9.17, 15) is 0 Å². The minimum atomic E-state index is -0.0228. The van der Waals surface area contributed by atoms with Crippen molar-refractivity contribution in [2.24, 2.45) is 5.73 Å². The summed E-state index contributed by atoms with van der Waals surface area (Å²) in [6, 6.07) is 0. The van der Waals surface area contributed by atoms with Crippen molar-refractivity contribution in [2.45, 2.75) is 19.8 Å². The van der Waals surface area contributed by atoms with E-state index in [0.29, 0.717) is 0 Å². The summed E-state index contributed by atoms with van der Waals surface area (Å²) >= 11 is 0. The van der Waals surface area contributed by atoms with E-state index in [-0.39, 0.29) is 5.96 Å². The van der Waals surface area contributed by atoms with Crippen molar-refractivity contribution >= 4 is 11.8 Å². The summed E-state index contributed by atoms with van der Waals surface area (Å²) < 4.78 is 1.47. The number of nitrogens with two attached hydrogens (primary N) is 1. The second-order valence-corrected chi connectivity index (χ2v) is 3.10. The molecule has 1 aliphatic heterocycles. The molecule has 0 radical (unpaired) electrons. The maximum atomic E-state index is 7.33. The summed E-state index contributed by atoms with van der Waals surface area (Å²) in [5.74, 6) is 0.884. The van der Waals surface area contributed by atoms with E-state index in [1.807, 2.05) is 0 Å². The van der Waals surface area contributed by atoms with E-state index in [2.05, 4.69) is 17.3 Å². The average molecular weight is 179 g/mol. The lowest BCUT2D eigenvalue weighted by molar-refractivity contribution is 0.854. The molecule has 0 fully saturated rings. The van der Waals surface area contributed by atoms with Crippen LogP contribution in [-0.2, 0) is 12.8 Å². The summed E-state index contributed by atoms with van der Waals surface area (Å²) in [7, 11) is 0. The van der Waals surface area contributed by atoms with Crippen molar-refractivity contribution in [2.75, 3.05) is 11.9 Å². The van der Waals surface area contributed by atoms with Gasteiger partial charge in [-0.05, 0) is 12.8 Å². The fraction of sp³-hybridized carbons (Fsp3) is 0.500. The van der Waals surface area contributed by atoms with Crippen LogP contribution in [0.2, 0.25) is 0 Å². The van der Waals surface area contributed by atoms with Crippen LogP contribution in [0.3, 0.4) is 0 Å². The van der Waals surface area contributed by atoms with Gasteiger partial charge in [0.1, 0.15) is 5.82 Å². The lowest BCUT2D eigenvalue weighted by atomic mass is 10.2. The van der Waals surface area contributed by atoms with Crippen molar-refractivity contribution in [3.8, 4) is 0 Å². The lowest BCUT2D eigenvalue weighted by Crippen LogP contribution is -2.23. The minimum Gasteiger partial charge on any atom is -0.369 e. The molecule has 13 heavy (non-hydrogen) atoms. The summed E-state index contributed by atoms with van der Waals surface area (Å²) in [5.41, 5.74) is 7.67. The number of nitrogen functional groups attached to an aromatic ring is 1. The Kier molecular flexibility index (Phi) is 1.72. The molecule has 1 aromatic rings. The summed E-state index contributed by atoms with van der Waals surface area (Å²) in [4.78, 5) is 0. The molecule has 70 valence electrons. The number of aromatic nitrogens is 2. The number of nitrogens with zero attached hydrogens (tertiary/aromatic N) is 2. The van der Waals surface area contributed by atoms with Crippen molar-refractivity contribution < 1.29 is 0 Å². The molecule has 2 heterocycles. The van der Waals surface area contributed by atoms with Gasteiger partial charge in [0, 0.05) is 12.1 Å². The van der Waals surface area contributed by atoms with Gasteiger partial charge in [0.2, 0.25) is 5.96 Å². The molecule has 0 atom stereocenters. The second kappa shape index (κ2) is 2.76. The van der Waals surface area contributed by atoms with Crippen LogP contribution in [0, 0.1) is 5.41 Å². The molecule has 1 aromatic heterocycles. The van der Waals surface area contributed by atoms with E-state index in [1.54, 1.807) is 0 Å². The Morgan fingerprint density at radius 1 is 1.77 bits per heavy atom. The molecule has 0 saturated carbocycles. The van der Waals surface area contributed by atoms with E-state index >= 15 is 0 Å². The summed E-state index contributed by atoms with van der Waals surface area (Å²) in [5, 5.41) is 14.8. The number of anilines is 1. The monoisotopic (exact) mass is 179 g/mol. The highest BCUT2D eigenvalue weighted by atomic mass is 15.4. The molecule has 0 bridgehead atoms. The molecule has 0 unspecified atom stereocenters. The van der Waals surface area contributed by atoms with E-state index in [1.165, 1.54) is 10.2 Å². The standard InChI is InChI=1S/C8H13N5/c1-2-6-5-3-4-11-7(5)13(12-6)8(9)10/h11H,2-4H2,1H3,(H3,9,10). The first-order valence-electron chi connectivity index (χ1n) is 4.43. The number of fused-ring (bicyclic) bond motifs is 1. The molecule has 2 rings (SSSR count). The van der Waals surface area contributed by atoms with E-state index < -0.39 is 0 Å². The van der Waals surface area contributed by atoms with Gasteiger partial charge in [0.15, 0.2) is 0 Å². The Morgan fingerprint density at radius 2 is 2.54 bits per heavy atom. The topological polar surface area (TPSA) is 79.7 Å². The fourth-order valence-electron chi connectivity index (χ4n) is 1.70. The van der Waals surface area contributed by atoms with E-state index in [0.717, 1.165) is 30.9 Å². The van der Waals surface area contributed by atoms with Gasteiger partial charge < -0.3 is 11.1 Å². The summed E-state index contributed by atoms with van der Waals surface area (Å²) in [6.45, 7) is 2.98. The second-order valence-electron chi connectivity index (χ2n) is 3.10. The first-order chi connectivity index (χ1) is 6.24. The quantitative estimate of drug-likeness (QED) is 0.424. The molecular formula is C8H13N5. The highest BCUT2D eigenvalue weighted by molar-refractivity contribution is 5.81. The predicted molar refractivity (Wildman–Crippen MR) is 51.1 cm³/mol. The van der Waals surface area contributed by atoms with Crippen LogP contribution in [0.5, 0.6) is 0 Å². The van der Waals surface area contributed by atoms with Crippen LogP contribution in [0.15, 0.2) is 0 Å². The van der Waals surface area contributed by atoms with Gasteiger partial charge in [0.25, 0.3) is 0 Å². The lowest BCUT2D eigenvalue weighted by Gasteiger charge is -2.01. The molecule has 1 aliphatic rings. The van der Waals surface area contributed by atoms with Gasteiger partial charge in [-0.15, -0.1) is 0 Å². The molecule has 0 saturated heterocycles. The fourth-order valence-corrected chi connectivity index (χ4v) is 1.70. The highest BCUT2D eigenvalue weighted by Gasteiger charge is 2.21. The third kappa shape index (κ3) is 1.07. The van der Waals surface area contributed by atoms with Crippen LogP contribution < -0.4 is 11.1 Å². The molecule has 0 aromatic carbocycles. The van der Waals surface area contributed by atoms with Crippen LogP contribution in [0.1, 0.15) is 18.2 Å². The highest BCUT2D eigenvalue weighted by Crippen LogP contribution is 2.25. The first kappa shape index (κ1) is 8.10. The molecule has 5 heteroatoms. The predicted octanol–water partition coefficient (Wildman–Crippen LogP) is 0.155. The maximum absolute atomic E-state index is 7.33. The smallest absolute Gasteiger partial charge is 0.215 e. The number of aryl methyl sites for hydroxylation is 1. The molecular weight excluding hydrogens is 166 g/mol. The van der Waals surface area contributed by atoms with Crippen LogP contribution in [0.4, 0.5) is 5.82 Å². The normalized spacial score (nSPS) is 13.9. The largest absolute Gasteiger partial charge is 0.369 e. The zero-order chi connectivity index (χ0) is 9.42. The van der Waals surface area contributed by atoms with Gasteiger partial charge in [-0.25, -0.2) is 0 Å². The van der Waals surface area contributed by atoms with Gasteiger partial charge >= 0.3 is 0 Å². The Hall–Kier alpha value is -1.52. The third-order valence-corrected chi connectivity index (χ3v) is 2.30. The first-order valence-corrected chi connectivity index (χ1v) is 4.43. The molecule has 0 aliphatic carbocycles. The van der Waals surface area contributed by atoms with E-state index in [4.69, 9.17) is 11.1 Å². The number of hydrogen-bond donors (Lipinski definition) is 3. The third-order valence-electron chi connectivity index (χ3n) is 2.30. The number of hydrogen-bond acceptors (Lipinski definition) is 3. The maximum Gasteiger partial charge on any atom is 0.215 e. The minimum absolute atomic E-state index is 0.0228. The van der Waals surface area contributed by atoms with Gasteiger partial charge in [-0.1, -0.05) is 6.92 Å². The van der Waals surface area contributed by atoms with Gasteiger partial charge in [0.05, 0.1) is 5.69 Å².